The van der Waals surface area contributed by atoms with E-state index in [1.807, 2.05) is 6.92 Å². The van der Waals surface area contributed by atoms with Crippen LogP contribution in [-0.2, 0) is 12.2 Å². The molecule has 1 aromatic rings. The van der Waals surface area contributed by atoms with Gasteiger partial charge in [0.25, 0.3) is 0 Å². The molecule has 0 unspecified atom stereocenters. The third kappa shape index (κ3) is 3.48. The van der Waals surface area contributed by atoms with Gasteiger partial charge in [0.2, 0.25) is 0 Å². The Bertz CT molecular complexity index is 369. The van der Waals surface area contributed by atoms with Crippen LogP contribution in [0.3, 0.4) is 0 Å². The zero-order valence-electron chi connectivity index (χ0n) is 9.56. The molecule has 0 aliphatic heterocycles. The predicted molar refractivity (Wildman–Crippen MR) is 64.8 cm³/mol. The van der Waals surface area contributed by atoms with Gasteiger partial charge in [0.15, 0.2) is 0 Å². The molecule has 0 fully saturated rings. The molecule has 0 aromatic carbocycles. The average molecular weight is 240 g/mol. The quantitative estimate of drug-likeness (QED) is 0.827. The second-order valence-electron chi connectivity index (χ2n) is 3.34. The van der Waals surface area contributed by atoms with Crippen LogP contribution in [0, 0.1) is 0 Å². The highest BCUT2D eigenvalue weighted by Crippen LogP contribution is 2.12. The van der Waals surface area contributed by atoms with Crippen LogP contribution >= 0.6 is 11.8 Å². The van der Waals surface area contributed by atoms with Crippen LogP contribution in [-0.4, -0.2) is 26.8 Å². The molecule has 1 rings (SSSR count). The number of carboxylic acids is 1. The molecule has 1 heterocycles. The van der Waals surface area contributed by atoms with Gasteiger partial charge in [-0.1, -0.05) is 20.3 Å². The van der Waals surface area contributed by atoms with Gasteiger partial charge in [0.1, 0.15) is 5.82 Å². The van der Waals surface area contributed by atoms with Crippen molar-refractivity contribution in [1.82, 2.24) is 9.97 Å². The highest BCUT2D eigenvalue weighted by atomic mass is 32.2. The molecule has 0 saturated heterocycles. The fraction of sp³-hybridized carbons (Fsp3) is 0.545. The summed E-state index contributed by atoms with van der Waals surface area (Å²) in [5.74, 6) is 1.53. The lowest BCUT2D eigenvalue weighted by Crippen LogP contribution is -2.08. The highest BCUT2D eigenvalue weighted by Gasteiger charge is 2.12. The van der Waals surface area contributed by atoms with Crippen molar-refractivity contribution in [3.05, 3.63) is 23.3 Å². The van der Waals surface area contributed by atoms with Crippen LogP contribution in [0.1, 0.15) is 42.1 Å². The Morgan fingerprint density at radius 2 is 2.25 bits per heavy atom. The molecule has 4 nitrogen and oxygen atoms in total. The van der Waals surface area contributed by atoms with Crippen molar-refractivity contribution < 1.29 is 9.90 Å². The summed E-state index contributed by atoms with van der Waals surface area (Å²) in [6, 6.07) is 0. The molecule has 0 amide bonds. The number of nitrogens with zero attached hydrogens (tertiary/aromatic N) is 2. The summed E-state index contributed by atoms with van der Waals surface area (Å²) < 4.78 is 0. The lowest BCUT2D eigenvalue weighted by molar-refractivity contribution is 0.0694. The normalized spacial score (nSPS) is 10.4. The lowest BCUT2D eigenvalue weighted by atomic mass is 10.1. The zero-order chi connectivity index (χ0) is 12.0. The van der Waals surface area contributed by atoms with Crippen molar-refractivity contribution in [2.45, 2.75) is 32.4 Å². The minimum absolute atomic E-state index is 0.229. The van der Waals surface area contributed by atoms with Crippen molar-refractivity contribution in [2.75, 3.05) is 5.75 Å². The molecule has 0 bridgehead atoms. The molecule has 16 heavy (non-hydrogen) atoms. The second kappa shape index (κ2) is 6.48. The molecule has 1 N–H and O–H groups in total. The third-order valence-electron chi connectivity index (χ3n) is 2.07. The summed E-state index contributed by atoms with van der Waals surface area (Å²) in [5.41, 5.74) is 0.879. The largest absolute Gasteiger partial charge is 0.478 e. The molecule has 88 valence electrons. The summed E-state index contributed by atoms with van der Waals surface area (Å²) in [7, 11) is 0. The summed E-state index contributed by atoms with van der Waals surface area (Å²) in [6.45, 7) is 4.08. The van der Waals surface area contributed by atoms with E-state index in [0.717, 1.165) is 23.8 Å². The van der Waals surface area contributed by atoms with E-state index in [0.29, 0.717) is 12.1 Å². The van der Waals surface area contributed by atoms with Crippen molar-refractivity contribution >= 4 is 17.7 Å². The van der Waals surface area contributed by atoms with Gasteiger partial charge >= 0.3 is 5.97 Å². The SMILES string of the molecule is CCCc1nc(CSCC)ncc1C(=O)O. The van der Waals surface area contributed by atoms with Crippen molar-refractivity contribution in [3.63, 3.8) is 0 Å². The first-order chi connectivity index (χ1) is 7.69. The van der Waals surface area contributed by atoms with Crippen LogP contribution in [0.4, 0.5) is 0 Å². The first-order valence-electron chi connectivity index (χ1n) is 5.34. The lowest BCUT2D eigenvalue weighted by Gasteiger charge is -2.05. The van der Waals surface area contributed by atoms with Crippen LogP contribution in [0.25, 0.3) is 0 Å². The number of hydrogen-bond donors (Lipinski definition) is 1. The summed E-state index contributed by atoms with van der Waals surface area (Å²) >= 11 is 1.73. The Hall–Kier alpha value is -1.10. The van der Waals surface area contributed by atoms with Crippen molar-refractivity contribution in [3.8, 4) is 0 Å². The van der Waals surface area contributed by atoms with E-state index >= 15 is 0 Å². The molecular formula is C11H16N2O2S. The number of aryl methyl sites for hydroxylation is 1. The Labute approximate surface area is 99.5 Å². The average Bonchev–Trinajstić information content (AvgIpc) is 2.26. The highest BCUT2D eigenvalue weighted by molar-refractivity contribution is 7.98. The number of thioether (sulfide) groups is 1. The monoisotopic (exact) mass is 240 g/mol. The molecule has 0 aliphatic carbocycles. The van der Waals surface area contributed by atoms with Crippen LogP contribution in [0.15, 0.2) is 6.20 Å². The Kier molecular flexibility index (Phi) is 5.25. The minimum Gasteiger partial charge on any atom is -0.478 e. The van der Waals surface area contributed by atoms with E-state index < -0.39 is 5.97 Å². The number of rotatable bonds is 6. The smallest absolute Gasteiger partial charge is 0.339 e. The molecule has 0 aliphatic rings. The maximum Gasteiger partial charge on any atom is 0.339 e. The maximum absolute atomic E-state index is 10.9. The summed E-state index contributed by atoms with van der Waals surface area (Å²) in [5, 5.41) is 8.97. The number of carboxylic acid groups (broad SMARTS) is 1. The van der Waals surface area contributed by atoms with E-state index in [4.69, 9.17) is 5.11 Å². The summed E-state index contributed by atoms with van der Waals surface area (Å²) in [6.07, 6.45) is 3.00. The number of hydrogen-bond acceptors (Lipinski definition) is 4. The molecule has 5 heteroatoms. The standard InChI is InChI=1S/C11H16N2O2S/c1-3-5-9-8(11(14)15)6-12-10(13-9)7-16-4-2/h6H,3-5,7H2,1-2H3,(H,14,15). The fourth-order valence-electron chi connectivity index (χ4n) is 1.33. The van der Waals surface area contributed by atoms with Gasteiger partial charge in [-0.05, 0) is 12.2 Å². The minimum atomic E-state index is -0.946. The Morgan fingerprint density at radius 1 is 1.50 bits per heavy atom. The maximum atomic E-state index is 10.9. The molecular weight excluding hydrogens is 224 g/mol. The third-order valence-corrected chi connectivity index (χ3v) is 2.94. The molecule has 0 saturated carbocycles. The fourth-order valence-corrected chi connectivity index (χ4v) is 1.85. The summed E-state index contributed by atoms with van der Waals surface area (Å²) in [4.78, 5) is 19.3. The van der Waals surface area contributed by atoms with Gasteiger partial charge in [-0.3, -0.25) is 0 Å². The molecule has 1 aromatic heterocycles. The first kappa shape index (κ1) is 13.0. The van der Waals surface area contributed by atoms with Crippen LogP contribution < -0.4 is 0 Å². The molecule has 0 atom stereocenters. The van der Waals surface area contributed by atoms with Crippen molar-refractivity contribution in [2.24, 2.45) is 0 Å². The number of aromatic nitrogens is 2. The predicted octanol–water partition coefficient (Wildman–Crippen LogP) is 2.38. The number of carbonyl (C=O) groups is 1. The Morgan fingerprint density at radius 3 is 2.81 bits per heavy atom. The van der Waals surface area contributed by atoms with Gasteiger partial charge < -0.3 is 5.11 Å². The molecule has 0 radical (unpaired) electrons. The zero-order valence-corrected chi connectivity index (χ0v) is 10.4. The number of aromatic carboxylic acids is 1. The van der Waals surface area contributed by atoms with Gasteiger partial charge in [-0.15, -0.1) is 0 Å². The second-order valence-corrected chi connectivity index (χ2v) is 4.61. The van der Waals surface area contributed by atoms with Gasteiger partial charge in [0.05, 0.1) is 17.0 Å². The van der Waals surface area contributed by atoms with Gasteiger partial charge in [-0.25, -0.2) is 14.8 Å². The van der Waals surface area contributed by atoms with Gasteiger partial charge in [-0.2, -0.15) is 11.8 Å². The van der Waals surface area contributed by atoms with Crippen LogP contribution in [0.2, 0.25) is 0 Å². The van der Waals surface area contributed by atoms with Gasteiger partial charge in [0, 0.05) is 6.20 Å². The molecule has 0 spiro atoms. The Balaban J connectivity index is 2.92. The van der Waals surface area contributed by atoms with E-state index in [1.165, 1.54) is 6.20 Å². The first-order valence-corrected chi connectivity index (χ1v) is 6.50. The van der Waals surface area contributed by atoms with E-state index in [1.54, 1.807) is 11.8 Å². The topological polar surface area (TPSA) is 63.1 Å². The van der Waals surface area contributed by atoms with Crippen LogP contribution in [0.5, 0.6) is 0 Å². The van der Waals surface area contributed by atoms with Crippen molar-refractivity contribution in [1.29, 1.82) is 0 Å². The van der Waals surface area contributed by atoms with E-state index in [-0.39, 0.29) is 5.56 Å². The van der Waals surface area contributed by atoms with E-state index in [9.17, 15) is 4.79 Å². The van der Waals surface area contributed by atoms with E-state index in [2.05, 4.69) is 16.9 Å².